The minimum atomic E-state index is 0.0764. The molecule has 1 aromatic heterocycles. The van der Waals surface area contributed by atoms with Crippen molar-refractivity contribution in [3.05, 3.63) is 29.2 Å². The number of nitrogens with zero attached hydrogens (tertiary/aromatic N) is 5. The van der Waals surface area contributed by atoms with Gasteiger partial charge in [0.1, 0.15) is 6.33 Å². The first kappa shape index (κ1) is 12.3. The number of hydrogen-bond donors (Lipinski definition) is 0. The number of imidazole rings is 1. The molecule has 1 heterocycles. The predicted octanol–water partition coefficient (Wildman–Crippen LogP) is 2.78. The average Bonchev–Trinajstić information content (AvgIpc) is 2.81. The van der Waals surface area contributed by atoms with Crippen LogP contribution >= 0.6 is 0 Å². The van der Waals surface area contributed by atoms with Gasteiger partial charge in [0, 0.05) is 30.3 Å². The van der Waals surface area contributed by atoms with E-state index in [0.717, 1.165) is 25.7 Å². The van der Waals surface area contributed by atoms with E-state index in [1.807, 2.05) is 0 Å². The summed E-state index contributed by atoms with van der Waals surface area (Å²) in [6.45, 7) is 0.548. The fourth-order valence-corrected chi connectivity index (χ4v) is 1.39. The molecule has 0 bridgehead atoms. The molecule has 0 saturated heterocycles. The monoisotopic (exact) mass is 221 g/mol. The van der Waals surface area contributed by atoms with E-state index < -0.39 is 0 Å². The lowest BCUT2D eigenvalue weighted by molar-refractivity contribution is 0.0899. The SMILES string of the molecule is [N-]=[N+]=NCCCCCCC(=O)n1ccnc1. The maximum Gasteiger partial charge on any atom is 0.231 e. The van der Waals surface area contributed by atoms with Crippen LogP contribution in [0, 0.1) is 0 Å². The van der Waals surface area contributed by atoms with E-state index in [-0.39, 0.29) is 5.91 Å². The summed E-state index contributed by atoms with van der Waals surface area (Å²) in [4.78, 5) is 18.0. The minimum Gasteiger partial charge on any atom is -0.276 e. The lowest BCUT2D eigenvalue weighted by atomic mass is 10.1. The Labute approximate surface area is 93.9 Å². The number of rotatable bonds is 7. The van der Waals surface area contributed by atoms with Crippen molar-refractivity contribution in [1.82, 2.24) is 9.55 Å². The summed E-state index contributed by atoms with van der Waals surface area (Å²) in [5.74, 6) is 0.0764. The largest absolute Gasteiger partial charge is 0.276 e. The Morgan fingerprint density at radius 1 is 1.38 bits per heavy atom. The maximum absolute atomic E-state index is 11.5. The molecule has 0 aromatic carbocycles. The first-order valence-electron chi connectivity index (χ1n) is 5.36. The first-order chi connectivity index (χ1) is 7.84. The Morgan fingerprint density at radius 2 is 2.19 bits per heavy atom. The molecule has 6 heteroatoms. The molecule has 1 aromatic rings. The summed E-state index contributed by atoms with van der Waals surface area (Å²) in [6.07, 6.45) is 9.05. The van der Waals surface area contributed by atoms with Gasteiger partial charge in [-0.05, 0) is 18.4 Å². The molecule has 0 atom stereocenters. The summed E-state index contributed by atoms with van der Waals surface area (Å²) in [7, 11) is 0. The topological polar surface area (TPSA) is 83.7 Å². The van der Waals surface area contributed by atoms with Crippen LogP contribution in [0.1, 0.15) is 36.9 Å². The van der Waals surface area contributed by atoms with Crippen molar-refractivity contribution < 1.29 is 4.79 Å². The molecule has 0 unspecified atom stereocenters. The third-order valence-electron chi connectivity index (χ3n) is 2.25. The number of carbonyl (C=O) groups excluding carboxylic acids is 1. The Hall–Kier alpha value is -1.81. The molecule has 0 spiro atoms. The van der Waals surface area contributed by atoms with Crippen molar-refractivity contribution >= 4 is 5.91 Å². The quantitative estimate of drug-likeness (QED) is 0.307. The van der Waals surface area contributed by atoms with E-state index >= 15 is 0 Å². The van der Waals surface area contributed by atoms with Crippen LogP contribution in [0.15, 0.2) is 23.8 Å². The van der Waals surface area contributed by atoms with Crippen molar-refractivity contribution in [2.24, 2.45) is 5.11 Å². The third-order valence-corrected chi connectivity index (χ3v) is 2.25. The lowest BCUT2D eigenvalue weighted by Crippen LogP contribution is -2.07. The highest BCUT2D eigenvalue weighted by Gasteiger charge is 2.02. The molecule has 0 radical (unpaired) electrons. The van der Waals surface area contributed by atoms with Gasteiger partial charge in [-0.15, -0.1) is 0 Å². The fraction of sp³-hybridized carbons (Fsp3) is 0.600. The van der Waals surface area contributed by atoms with Crippen LogP contribution in [0.25, 0.3) is 10.4 Å². The highest BCUT2D eigenvalue weighted by atomic mass is 16.2. The van der Waals surface area contributed by atoms with Crippen LogP contribution in [0.3, 0.4) is 0 Å². The fourth-order valence-electron chi connectivity index (χ4n) is 1.39. The van der Waals surface area contributed by atoms with Gasteiger partial charge in [0.15, 0.2) is 0 Å². The number of unbranched alkanes of at least 4 members (excludes halogenated alkanes) is 3. The zero-order valence-electron chi connectivity index (χ0n) is 9.12. The van der Waals surface area contributed by atoms with E-state index in [1.165, 1.54) is 10.9 Å². The molecule has 0 aliphatic heterocycles. The maximum atomic E-state index is 11.5. The minimum absolute atomic E-state index is 0.0764. The highest BCUT2D eigenvalue weighted by Crippen LogP contribution is 2.05. The van der Waals surface area contributed by atoms with Crippen LogP contribution in [-0.2, 0) is 0 Å². The van der Waals surface area contributed by atoms with Gasteiger partial charge in [-0.2, -0.15) is 0 Å². The summed E-state index contributed by atoms with van der Waals surface area (Å²) in [5, 5.41) is 3.45. The first-order valence-corrected chi connectivity index (χ1v) is 5.36. The van der Waals surface area contributed by atoms with Gasteiger partial charge >= 0.3 is 0 Å². The summed E-state index contributed by atoms with van der Waals surface area (Å²) in [6, 6.07) is 0. The third kappa shape index (κ3) is 4.61. The summed E-state index contributed by atoms with van der Waals surface area (Å²) < 4.78 is 1.50. The van der Waals surface area contributed by atoms with Gasteiger partial charge in [0.25, 0.3) is 0 Å². The van der Waals surface area contributed by atoms with Crippen molar-refractivity contribution in [3.8, 4) is 0 Å². The second-order valence-electron chi connectivity index (χ2n) is 3.48. The normalized spacial score (nSPS) is 9.75. The molecule has 6 nitrogen and oxygen atoms in total. The van der Waals surface area contributed by atoms with Gasteiger partial charge in [0.2, 0.25) is 5.91 Å². The molecular weight excluding hydrogens is 206 g/mol. The number of hydrogen-bond acceptors (Lipinski definition) is 3. The van der Waals surface area contributed by atoms with E-state index in [0.29, 0.717) is 13.0 Å². The van der Waals surface area contributed by atoms with Crippen molar-refractivity contribution in [2.75, 3.05) is 6.54 Å². The van der Waals surface area contributed by atoms with Gasteiger partial charge in [-0.1, -0.05) is 18.0 Å². The average molecular weight is 221 g/mol. The van der Waals surface area contributed by atoms with Crippen LogP contribution < -0.4 is 0 Å². The number of azide groups is 1. The van der Waals surface area contributed by atoms with Gasteiger partial charge in [-0.25, -0.2) is 4.98 Å². The molecule has 16 heavy (non-hydrogen) atoms. The van der Waals surface area contributed by atoms with E-state index in [4.69, 9.17) is 5.53 Å². The summed E-state index contributed by atoms with van der Waals surface area (Å²) >= 11 is 0. The second kappa shape index (κ2) is 7.48. The van der Waals surface area contributed by atoms with Gasteiger partial charge in [0.05, 0.1) is 0 Å². The van der Waals surface area contributed by atoms with Crippen LogP contribution in [0.4, 0.5) is 0 Å². The Kier molecular flexibility index (Phi) is 5.73. The molecule has 0 aliphatic rings. The van der Waals surface area contributed by atoms with Crippen LogP contribution in [0.5, 0.6) is 0 Å². The van der Waals surface area contributed by atoms with E-state index in [2.05, 4.69) is 15.0 Å². The predicted molar refractivity (Wildman–Crippen MR) is 60.0 cm³/mol. The Morgan fingerprint density at radius 3 is 2.88 bits per heavy atom. The molecule has 0 amide bonds. The number of aromatic nitrogens is 2. The van der Waals surface area contributed by atoms with Crippen molar-refractivity contribution in [1.29, 1.82) is 0 Å². The molecule has 0 fully saturated rings. The number of carbonyl (C=O) groups is 1. The summed E-state index contributed by atoms with van der Waals surface area (Å²) in [5.41, 5.74) is 8.05. The van der Waals surface area contributed by atoms with Crippen LogP contribution in [0.2, 0.25) is 0 Å². The van der Waals surface area contributed by atoms with Crippen molar-refractivity contribution in [3.63, 3.8) is 0 Å². The smallest absolute Gasteiger partial charge is 0.231 e. The van der Waals surface area contributed by atoms with E-state index in [9.17, 15) is 4.79 Å². The molecule has 1 rings (SSSR count). The van der Waals surface area contributed by atoms with Crippen LogP contribution in [-0.4, -0.2) is 22.0 Å². The zero-order chi connectivity index (χ0) is 11.6. The molecule has 86 valence electrons. The Bertz CT molecular complexity index is 353. The van der Waals surface area contributed by atoms with Crippen molar-refractivity contribution in [2.45, 2.75) is 32.1 Å². The highest BCUT2D eigenvalue weighted by molar-refractivity contribution is 5.78. The van der Waals surface area contributed by atoms with Gasteiger partial charge < -0.3 is 0 Å². The van der Waals surface area contributed by atoms with E-state index in [1.54, 1.807) is 12.4 Å². The Balaban J connectivity index is 2.03. The lowest BCUT2D eigenvalue weighted by Gasteiger charge is -2.00. The molecule has 0 N–H and O–H groups in total. The standard InChI is InChI=1S/C10H15N5O/c11-14-13-6-4-2-1-3-5-10(16)15-8-7-12-9-15/h7-9H,1-6H2. The molecule has 0 saturated carbocycles. The van der Waals surface area contributed by atoms with Gasteiger partial charge in [-0.3, -0.25) is 9.36 Å². The second-order valence-corrected chi connectivity index (χ2v) is 3.48. The molecular formula is C10H15N5O. The molecule has 0 aliphatic carbocycles. The zero-order valence-corrected chi connectivity index (χ0v) is 9.12.